The Bertz CT molecular complexity index is 491. The van der Waals surface area contributed by atoms with E-state index in [0.717, 1.165) is 0 Å². The molecule has 1 aliphatic heterocycles. The molecule has 98 valence electrons. The minimum absolute atomic E-state index is 0.0555. The molecule has 6 nitrogen and oxygen atoms in total. The molecule has 2 rings (SSSR count). The van der Waals surface area contributed by atoms with E-state index < -0.39 is 22.7 Å². The molecular formula is C12H16N2O4. The molecule has 0 fully saturated rings. The van der Waals surface area contributed by atoms with E-state index in [1.165, 1.54) is 18.2 Å². The number of nitro groups is 1. The monoisotopic (exact) mass is 252 g/mol. The van der Waals surface area contributed by atoms with Crippen molar-refractivity contribution in [3.63, 3.8) is 0 Å². The highest BCUT2D eigenvalue weighted by Gasteiger charge is 2.43. The molecule has 1 unspecified atom stereocenters. The highest BCUT2D eigenvalue weighted by Crippen LogP contribution is 2.41. The van der Waals surface area contributed by atoms with Crippen LogP contribution in [0.5, 0.6) is 5.75 Å². The Labute approximate surface area is 105 Å². The van der Waals surface area contributed by atoms with Crippen molar-refractivity contribution in [3.8, 4) is 5.75 Å². The van der Waals surface area contributed by atoms with Gasteiger partial charge < -0.3 is 15.6 Å². The Morgan fingerprint density at radius 1 is 1.61 bits per heavy atom. The number of hydrogen-bond acceptors (Lipinski definition) is 5. The Hall–Kier alpha value is -1.66. The third kappa shape index (κ3) is 1.83. The highest BCUT2D eigenvalue weighted by molar-refractivity contribution is 5.47. The first-order chi connectivity index (χ1) is 8.39. The van der Waals surface area contributed by atoms with Gasteiger partial charge in [-0.3, -0.25) is 10.1 Å². The first kappa shape index (κ1) is 12.8. The molecule has 1 heterocycles. The summed E-state index contributed by atoms with van der Waals surface area (Å²) in [5, 5.41) is 20.9. The van der Waals surface area contributed by atoms with E-state index >= 15 is 0 Å². The van der Waals surface area contributed by atoms with Crippen molar-refractivity contribution >= 4 is 5.69 Å². The number of hydrogen-bond donors (Lipinski definition) is 2. The maximum atomic E-state index is 10.7. The van der Waals surface area contributed by atoms with Crippen molar-refractivity contribution in [2.24, 2.45) is 5.73 Å². The number of aliphatic hydroxyl groups excluding tert-OH is 1. The van der Waals surface area contributed by atoms with Gasteiger partial charge in [-0.05, 0) is 19.4 Å². The molecule has 3 N–H and O–H groups in total. The van der Waals surface area contributed by atoms with Crippen LogP contribution in [0.3, 0.4) is 0 Å². The van der Waals surface area contributed by atoms with Crippen LogP contribution < -0.4 is 10.5 Å². The SMILES string of the molecule is CCC1(C)Oc2ccc([N+](=O)[O-])cc2[C@@H](N)[C@@H]1O. The molecule has 1 aliphatic rings. The lowest BCUT2D eigenvalue weighted by atomic mass is 9.84. The molecule has 0 bridgehead atoms. The Morgan fingerprint density at radius 3 is 2.83 bits per heavy atom. The number of ether oxygens (including phenoxy) is 1. The summed E-state index contributed by atoms with van der Waals surface area (Å²) in [4.78, 5) is 10.2. The van der Waals surface area contributed by atoms with E-state index in [1.807, 2.05) is 6.92 Å². The molecule has 1 aromatic carbocycles. The summed E-state index contributed by atoms with van der Waals surface area (Å²) in [7, 11) is 0. The minimum atomic E-state index is -0.892. The minimum Gasteiger partial charge on any atom is -0.484 e. The lowest BCUT2D eigenvalue weighted by molar-refractivity contribution is -0.385. The van der Waals surface area contributed by atoms with Crippen LogP contribution in [-0.4, -0.2) is 21.7 Å². The molecule has 0 aromatic heterocycles. The van der Waals surface area contributed by atoms with E-state index in [1.54, 1.807) is 6.92 Å². The number of nitro benzene ring substituents is 1. The van der Waals surface area contributed by atoms with Gasteiger partial charge in [-0.2, -0.15) is 0 Å². The number of nitrogens with zero attached hydrogens (tertiary/aromatic N) is 1. The predicted molar refractivity (Wildman–Crippen MR) is 65.4 cm³/mol. The van der Waals surface area contributed by atoms with Crippen molar-refractivity contribution in [2.75, 3.05) is 0 Å². The van der Waals surface area contributed by atoms with Crippen molar-refractivity contribution in [1.29, 1.82) is 0 Å². The average Bonchev–Trinajstić information content (AvgIpc) is 2.35. The van der Waals surface area contributed by atoms with Crippen LogP contribution in [0.1, 0.15) is 31.9 Å². The van der Waals surface area contributed by atoms with Gasteiger partial charge in [0.05, 0.1) is 11.0 Å². The molecule has 0 saturated heterocycles. The number of aliphatic hydroxyl groups is 1. The molecule has 18 heavy (non-hydrogen) atoms. The van der Waals surface area contributed by atoms with Gasteiger partial charge in [0.1, 0.15) is 17.5 Å². The van der Waals surface area contributed by atoms with Crippen LogP contribution in [0.25, 0.3) is 0 Å². The lowest BCUT2D eigenvalue weighted by Gasteiger charge is -2.42. The zero-order valence-electron chi connectivity index (χ0n) is 10.3. The van der Waals surface area contributed by atoms with Gasteiger partial charge in [0.15, 0.2) is 0 Å². The molecule has 6 heteroatoms. The fourth-order valence-electron chi connectivity index (χ4n) is 2.15. The molecular weight excluding hydrogens is 236 g/mol. The number of non-ortho nitro benzene ring substituents is 1. The third-order valence-electron chi connectivity index (χ3n) is 3.57. The van der Waals surface area contributed by atoms with Crippen molar-refractivity contribution < 1.29 is 14.8 Å². The first-order valence-electron chi connectivity index (χ1n) is 5.80. The fourth-order valence-corrected chi connectivity index (χ4v) is 2.15. The summed E-state index contributed by atoms with van der Waals surface area (Å²) >= 11 is 0. The standard InChI is InChI=1S/C12H16N2O4/c1-3-12(2)11(15)10(13)8-6-7(14(16)17)4-5-9(8)18-12/h4-6,10-11,15H,3,13H2,1-2H3/t10-,11+,12?/m1/s1. The normalized spacial score (nSPS) is 30.4. The maximum absolute atomic E-state index is 10.7. The summed E-state index contributed by atoms with van der Waals surface area (Å²) < 4.78 is 5.73. The zero-order chi connectivity index (χ0) is 13.5. The van der Waals surface area contributed by atoms with Crippen LogP contribution in [0, 0.1) is 10.1 Å². The summed E-state index contributed by atoms with van der Waals surface area (Å²) in [6.07, 6.45) is -0.296. The quantitative estimate of drug-likeness (QED) is 0.614. The molecule has 3 atom stereocenters. The van der Waals surface area contributed by atoms with Crippen molar-refractivity contribution in [3.05, 3.63) is 33.9 Å². The fraction of sp³-hybridized carbons (Fsp3) is 0.500. The summed E-state index contributed by atoms with van der Waals surface area (Å²) in [6, 6.07) is 3.59. The predicted octanol–water partition coefficient (Wildman–Crippen LogP) is 1.52. The van der Waals surface area contributed by atoms with Gasteiger partial charge in [0.25, 0.3) is 5.69 Å². The third-order valence-corrected chi connectivity index (χ3v) is 3.57. The first-order valence-corrected chi connectivity index (χ1v) is 5.80. The Balaban J connectivity index is 2.49. The molecule has 0 amide bonds. The second kappa shape index (κ2) is 4.22. The van der Waals surface area contributed by atoms with Crippen LogP contribution in [0.15, 0.2) is 18.2 Å². The molecule has 0 aliphatic carbocycles. The second-order valence-electron chi connectivity index (χ2n) is 4.72. The second-order valence-corrected chi connectivity index (χ2v) is 4.72. The van der Waals surface area contributed by atoms with Gasteiger partial charge in [-0.1, -0.05) is 6.92 Å². The molecule has 1 aromatic rings. The molecule has 0 radical (unpaired) electrons. The van der Waals surface area contributed by atoms with Gasteiger partial charge in [-0.15, -0.1) is 0 Å². The van der Waals surface area contributed by atoms with E-state index in [9.17, 15) is 15.2 Å². The smallest absolute Gasteiger partial charge is 0.270 e. The Kier molecular flexibility index (Phi) is 3.00. The number of rotatable bonds is 2. The van der Waals surface area contributed by atoms with E-state index in [2.05, 4.69) is 0 Å². The largest absolute Gasteiger partial charge is 0.484 e. The maximum Gasteiger partial charge on any atom is 0.270 e. The van der Waals surface area contributed by atoms with Gasteiger partial charge >= 0.3 is 0 Å². The topological polar surface area (TPSA) is 98.6 Å². The van der Waals surface area contributed by atoms with Crippen molar-refractivity contribution in [2.45, 2.75) is 38.0 Å². The van der Waals surface area contributed by atoms with Gasteiger partial charge in [0.2, 0.25) is 0 Å². The van der Waals surface area contributed by atoms with Gasteiger partial charge in [-0.25, -0.2) is 0 Å². The van der Waals surface area contributed by atoms with Crippen LogP contribution >= 0.6 is 0 Å². The van der Waals surface area contributed by atoms with Crippen LogP contribution in [-0.2, 0) is 0 Å². The average molecular weight is 252 g/mol. The molecule has 0 saturated carbocycles. The Morgan fingerprint density at radius 2 is 2.28 bits per heavy atom. The lowest BCUT2D eigenvalue weighted by Crippen LogP contribution is -2.52. The summed E-state index contributed by atoms with van der Waals surface area (Å²) in [5.74, 6) is 0.503. The van der Waals surface area contributed by atoms with Gasteiger partial charge in [0, 0.05) is 17.7 Å². The van der Waals surface area contributed by atoms with Crippen LogP contribution in [0.2, 0.25) is 0 Å². The van der Waals surface area contributed by atoms with E-state index in [4.69, 9.17) is 10.5 Å². The van der Waals surface area contributed by atoms with E-state index in [0.29, 0.717) is 17.7 Å². The van der Waals surface area contributed by atoms with E-state index in [-0.39, 0.29) is 5.69 Å². The van der Waals surface area contributed by atoms with Crippen molar-refractivity contribution in [1.82, 2.24) is 0 Å². The summed E-state index contributed by atoms with van der Waals surface area (Å²) in [6.45, 7) is 3.67. The number of fused-ring (bicyclic) bond motifs is 1. The molecule has 0 spiro atoms. The zero-order valence-corrected chi connectivity index (χ0v) is 10.3. The number of benzene rings is 1. The van der Waals surface area contributed by atoms with Crippen LogP contribution in [0.4, 0.5) is 5.69 Å². The summed E-state index contributed by atoms with van der Waals surface area (Å²) in [5.41, 5.74) is 5.62. The number of nitrogens with two attached hydrogens (primary N) is 1. The highest BCUT2D eigenvalue weighted by atomic mass is 16.6.